The van der Waals surface area contributed by atoms with Crippen molar-refractivity contribution in [2.24, 2.45) is 0 Å². The van der Waals surface area contributed by atoms with Crippen molar-refractivity contribution in [3.63, 3.8) is 0 Å². The third-order valence-corrected chi connectivity index (χ3v) is 4.71. The minimum atomic E-state index is -0.146. The molecule has 1 aromatic heterocycles. The van der Waals surface area contributed by atoms with E-state index >= 15 is 0 Å². The highest BCUT2D eigenvalue weighted by molar-refractivity contribution is 8.00. The molecule has 0 fully saturated rings. The average molecular weight is 311 g/mol. The predicted molar refractivity (Wildman–Crippen MR) is 90.9 cm³/mol. The number of benzene rings is 2. The van der Waals surface area contributed by atoms with Crippen LogP contribution in [-0.2, 0) is 0 Å². The van der Waals surface area contributed by atoms with Crippen LogP contribution in [0.5, 0.6) is 5.75 Å². The molecule has 4 heteroatoms. The second kappa shape index (κ2) is 6.28. The summed E-state index contributed by atoms with van der Waals surface area (Å²) >= 11 is 1.56. The monoisotopic (exact) mass is 311 g/mol. The van der Waals surface area contributed by atoms with Gasteiger partial charge in [0.1, 0.15) is 5.75 Å². The number of carbonyl (C=O) groups is 1. The summed E-state index contributed by atoms with van der Waals surface area (Å²) in [6.45, 7) is 1.94. The molecule has 0 bridgehead atoms. The van der Waals surface area contributed by atoms with Crippen molar-refractivity contribution < 1.29 is 9.53 Å². The maximum Gasteiger partial charge on any atom is 0.178 e. The number of ether oxygens (including phenoxy) is 1. The number of hydrogen-bond donors (Lipinski definition) is 1. The summed E-state index contributed by atoms with van der Waals surface area (Å²) in [5.41, 5.74) is 1.75. The van der Waals surface area contributed by atoms with Crippen LogP contribution in [0.3, 0.4) is 0 Å². The highest BCUT2D eigenvalue weighted by Crippen LogP contribution is 2.29. The molecule has 1 atom stereocenters. The zero-order valence-corrected chi connectivity index (χ0v) is 13.3. The summed E-state index contributed by atoms with van der Waals surface area (Å²) in [4.78, 5) is 16.9. The molecule has 3 rings (SSSR count). The Bertz CT molecular complexity index is 792. The van der Waals surface area contributed by atoms with E-state index < -0.39 is 0 Å². The van der Waals surface area contributed by atoms with Gasteiger partial charge < -0.3 is 9.72 Å². The first-order valence-corrected chi connectivity index (χ1v) is 7.98. The zero-order chi connectivity index (χ0) is 15.5. The third-order valence-electron chi connectivity index (χ3n) is 3.60. The van der Waals surface area contributed by atoms with Crippen LogP contribution < -0.4 is 4.74 Å². The van der Waals surface area contributed by atoms with Gasteiger partial charge in [-0.1, -0.05) is 18.2 Å². The lowest BCUT2D eigenvalue weighted by Crippen LogP contribution is -2.12. The second-order valence-corrected chi connectivity index (χ2v) is 6.46. The van der Waals surface area contributed by atoms with Gasteiger partial charge in [-0.05, 0) is 37.3 Å². The maximum absolute atomic E-state index is 12.7. The highest BCUT2D eigenvalue weighted by atomic mass is 32.2. The van der Waals surface area contributed by atoms with Gasteiger partial charge in [0.2, 0.25) is 0 Å². The number of H-pyrrole nitrogens is 1. The van der Waals surface area contributed by atoms with Crippen molar-refractivity contribution in [3.8, 4) is 5.75 Å². The number of rotatable bonds is 5. The van der Waals surface area contributed by atoms with E-state index in [1.54, 1.807) is 25.1 Å². The molecular formula is C18H17NO2S. The van der Waals surface area contributed by atoms with Gasteiger partial charge in [-0.15, -0.1) is 11.8 Å². The number of aromatic amines is 1. The Kier molecular flexibility index (Phi) is 4.20. The lowest BCUT2D eigenvalue weighted by atomic mass is 10.1. The van der Waals surface area contributed by atoms with Crippen LogP contribution in [0, 0.1) is 0 Å². The number of fused-ring (bicyclic) bond motifs is 1. The van der Waals surface area contributed by atoms with E-state index in [0.29, 0.717) is 0 Å². The van der Waals surface area contributed by atoms with Gasteiger partial charge in [0.25, 0.3) is 0 Å². The molecule has 0 spiro atoms. The fourth-order valence-corrected chi connectivity index (χ4v) is 3.34. The van der Waals surface area contributed by atoms with Gasteiger partial charge in [0, 0.05) is 27.6 Å². The molecular weight excluding hydrogens is 294 g/mol. The van der Waals surface area contributed by atoms with Gasteiger partial charge in [-0.3, -0.25) is 4.79 Å². The number of aromatic nitrogens is 1. The number of methoxy groups -OCH3 is 1. The van der Waals surface area contributed by atoms with Crippen LogP contribution in [0.25, 0.3) is 10.9 Å². The number of carbonyl (C=O) groups excluding carboxylic acids is 1. The minimum Gasteiger partial charge on any atom is -0.497 e. The number of para-hydroxylation sites is 1. The first-order valence-electron chi connectivity index (χ1n) is 7.10. The van der Waals surface area contributed by atoms with E-state index in [1.165, 1.54) is 0 Å². The Morgan fingerprint density at radius 3 is 2.59 bits per heavy atom. The van der Waals surface area contributed by atoms with Crippen molar-refractivity contribution in [3.05, 3.63) is 60.3 Å². The molecule has 0 saturated carbocycles. The maximum atomic E-state index is 12.7. The zero-order valence-electron chi connectivity index (χ0n) is 12.5. The summed E-state index contributed by atoms with van der Waals surface area (Å²) in [6, 6.07) is 15.6. The van der Waals surface area contributed by atoms with Crippen molar-refractivity contribution >= 4 is 28.4 Å². The van der Waals surface area contributed by atoms with E-state index in [2.05, 4.69) is 4.98 Å². The lowest BCUT2D eigenvalue weighted by molar-refractivity contribution is 0.0995. The van der Waals surface area contributed by atoms with Crippen molar-refractivity contribution in [1.29, 1.82) is 0 Å². The summed E-state index contributed by atoms with van der Waals surface area (Å²) < 4.78 is 5.15. The first kappa shape index (κ1) is 14.7. The van der Waals surface area contributed by atoms with Crippen LogP contribution in [0.1, 0.15) is 17.3 Å². The molecule has 22 heavy (non-hydrogen) atoms. The molecule has 0 saturated heterocycles. The van der Waals surface area contributed by atoms with Gasteiger partial charge in [0.05, 0.1) is 12.4 Å². The van der Waals surface area contributed by atoms with Gasteiger partial charge >= 0.3 is 0 Å². The summed E-state index contributed by atoms with van der Waals surface area (Å²) in [5, 5.41) is 0.835. The van der Waals surface area contributed by atoms with Crippen molar-refractivity contribution in [2.45, 2.75) is 17.1 Å². The van der Waals surface area contributed by atoms with E-state index in [1.807, 2.05) is 55.5 Å². The molecule has 1 heterocycles. The molecule has 0 unspecified atom stereocenters. The largest absolute Gasteiger partial charge is 0.497 e. The summed E-state index contributed by atoms with van der Waals surface area (Å²) in [7, 11) is 1.64. The smallest absolute Gasteiger partial charge is 0.178 e. The van der Waals surface area contributed by atoms with E-state index in [0.717, 1.165) is 27.1 Å². The number of ketones is 1. The van der Waals surface area contributed by atoms with Crippen LogP contribution in [0.4, 0.5) is 0 Å². The fraction of sp³-hybridized carbons (Fsp3) is 0.167. The van der Waals surface area contributed by atoms with E-state index in [4.69, 9.17) is 4.74 Å². The second-order valence-electron chi connectivity index (χ2n) is 5.05. The normalized spacial score (nSPS) is 12.3. The predicted octanol–water partition coefficient (Wildman–Crippen LogP) is 4.54. The molecule has 0 aliphatic carbocycles. The minimum absolute atomic E-state index is 0.137. The standard InChI is InChI=1S/C18H17NO2S/c1-12(22-14-9-7-13(21-2)8-10-14)18(20)16-11-19-17-6-4-3-5-15(16)17/h3-12,19H,1-2H3/t12-/m1/s1. The van der Waals surface area contributed by atoms with Gasteiger partial charge in [-0.2, -0.15) is 0 Å². The topological polar surface area (TPSA) is 42.1 Å². The van der Waals surface area contributed by atoms with Crippen LogP contribution in [0.15, 0.2) is 59.6 Å². The summed E-state index contributed by atoms with van der Waals surface area (Å²) in [6.07, 6.45) is 1.80. The fourth-order valence-electron chi connectivity index (χ4n) is 2.41. The highest BCUT2D eigenvalue weighted by Gasteiger charge is 2.19. The molecule has 3 nitrogen and oxygen atoms in total. The molecule has 0 amide bonds. The molecule has 0 aliphatic heterocycles. The van der Waals surface area contributed by atoms with Gasteiger partial charge in [0.15, 0.2) is 5.78 Å². The number of Topliss-reactive ketones (excluding diaryl/α,β-unsaturated/α-hetero) is 1. The molecule has 0 aliphatic rings. The van der Waals surface area contributed by atoms with Crippen LogP contribution in [0.2, 0.25) is 0 Å². The molecule has 3 aromatic rings. The number of hydrogen-bond acceptors (Lipinski definition) is 3. The Hall–Kier alpha value is -2.20. The quantitative estimate of drug-likeness (QED) is 0.555. The average Bonchev–Trinajstić information content (AvgIpc) is 2.99. The van der Waals surface area contributed by atoms with E-state index in [-0.39, 0.29) is 11.0 Å². The Labute approximate surface area is 133 Å². The molecule has 2 aromatic carbocycles. The summed E-state index contributed by atoms with van der Waals surface area (Å²) in [5.74, 6) is 0.957. The third kappa shape index (κ3) is 2.88. The van der Waals surface area contributed by atoms with Crippen LogP contribution >= 0.6 is 11.8 Å². The number of nitrogens with one attached hydrogen (secondary N) is 1. The van der Waals surface area contributed by atoms with Crippen LogP contribution in [-0.4, -0.2) is 23.1 Å². The Morgan fingerprint density at radius 2 is 1.86 bits per heavy atom. The molecule has 112 valence electrons. The molecule has 0 radical (unpaired) electrons. The Morgan fingerprint density at radius 1 is 1.14 bits per heavy atom. The van der Waals surface area contributed by atoms with E-state index in [9.17, 15) is 4.79 Å². The Balaban J connectivity index is 1.79. The molecule has 1 N–H and O–H groups in total. The first-order chi connectivity index (χ1) is 10.7. The van der Waals surface area contributed by atoms with Gasteiger partial charge in [-0.25, -0.2) is 0 Å². The number of thioether (sulfide) groups is 1. The van der Waals surface area contributed by atoms with Crippen molar-refractivity contribution in [2.75, 3.05) is 7.11 Å². The lowest BCUT2D eigenvalue weighted by Gasteiger charge is -2.10. The van der Waals surface area contributed by atoms with Crippen molar-refractivity contribution in [1.82, 2.24) is 4.98 Å². The SMILES string of the molecule is COc1ccc(S[C@H](C)C(=O)c2c[nH]c3ccccc23)cc1.